The largest absolute Gasteiger partial charge is 1.00 e. The number of hydrogen-bond acceptors (Lipinski definition) is 4. The number of carbonyl (C=O) groups excluding carboxylic acids is 1. The van der Waals surface area contributed by atoms with Crippen LogP contribution in [0.5, 0.6) is 0 Å². The predicted molar refractivity (Wildman–Crippen MR) is 60.9 cm³/mol. The summed E-state index contributed by atoms with van der Waals surface area (Å²) in [5.41, 5.74) is 0.486. The van der Waals surface area contributed by atoms with E-state index in [2.05, 4.69) is 5.32 Å². The van der Waals surface area contributed by atoms with Gasteiger partial charge in [-0.15, -0.1) is 0 Å². The van der Waals surface area contributed by atoms with Crippen LogP contribution in [0.3, 0.4) is 0 Å². The zero-order chi connectivity index (χ0) is 12.7. The van der Waals surface area contributed by atoms with Crippen LogP contribution in [0.2, 0.25) is 0 Å². The molecule has 1 atom stereocenters. The third-order valence-corrected chi connectivity index (χ3v) is 1.94. The van der Waals surface area contributed by atoms with Crippen LogP contribution in [0.4, 0.5) is 0 Å². The van der Waals surface area contributed by atoms with E-state index >= 15 is 0 Å². The molecule has 0 aliphatic heterocycles. The van der Waals surface area contributed by atoms with Gasteiger partial charge in [0.2, 0.25) is 0 Å². The van der Waals surface area contributed by atoms with Crippen molar-refractivity contribution in [3.63, 3.8) is 0 Å². The van der Waals surface area contributed by atoms with E-state index in [0.717, 1.165) is 0 Å². The summed E-state index contributed by atoms with van der Waals surface area (Å²) in [6.45, 7) is 7.24. The molecule has 0 amide bonds. The zero-order valence-corrected chi connectivity index (χ0v) is 13.1. The molecule has 0 aromatic carbocycles. The van der Waals surface area contributed by atoms with Gasteiger partial charge in [0.1, 0.15) is 6.04 Å². The molecule has 17 heavy (non-hydrogen) atoms. The van der Waals surface area contributed by atoms with E-state index in [1.54, 1.807) is 27.7 Å². The Morgan fingerprint density at radius 3 is 2.35 bits per heavy atom. The van der Waals surface area contributed by atoms with Crippen molar-refractivity contribution in [2.45, 2.75) is 33.7 Å². The van der Waals surface area contributed by atoms with E-state index in [-0.39, 0.29) is 36.9 Å². The summed E-state index contributed by atoms with van der Waals surface area (Å²) in [7, 11) is 0. The third-order valence-electron chi connectivity index (χ3n) is 1.94. The van der Waals surface area contributed by atoms with Gasteiger partial charge in [-0.25, -0.2) is 9.59 Å². The molecule has 0 rings (SSSR count). The fraction of sp³-hybridized carbons (Fsp3) is 0.636. The van der Waals surface area contributed by atoms with Crippen molar-refractivity contribution < 1.29 is 50.4 Å². The minimum atomic E-state index is -0.938. The average molecular weight is 253 g/mol. The minimum Gasteiger partial charge on any atom is -1.00 e. The smallest absolute Gasteiger partial charge is 1.00 e. The monoisotopic (exact) mass is 253 g/mol. The SMILES string of the molecule is CCOC(=O)C=C(C)N[C@H](C(=O)O)C(C)C.[H-].[Na+]. The van der Waals surface area contributed by atoms with Crippen molar-refractivity contribution in [1.29, 1.82) is 0 Å². The number of carbonyl (C=O) groups is 2. The Morgan fingerprint density at radius 1 is 1.47 bits per heavy atom. The van der Waals surface area contributed by atoms with Crippen LogP contribution in [0.15, 0.2) is 11.8 Å². The van der Waals surface area contributed by atoms with Crippen molar-refractivity contribution in [3.05, 3.63) is 11.8 Å². The van der Waals surface area contributed by atoms with E-state index in [1.807, 2.05) is 0 Å². The molecule has 0 heterocycles. The molecule has 0 bridgehead atoms. The Morgan fingerprint density at radius 2 is 2.00 bits per heavy atom. The van der Waals surface area contributed by atoms with Gasteiger partial charge in [0.05, 0.1) is 6.61 Å². The molecule has 0 unspecified atom stereocenters. The van der Waals surface area contributed by atoms with Gasteiger partial charge in [-0.05, 0) is 19.8 Å². The molecule has 0 aliphatic carbocycles. The number of carboxylic acids is 1. The summed E-state index contributed by atoms with van der Waals surface area (Å²) in [6.07, 6.45) is 1.25. The Bertz CT molecular complexity index is 295. The standard InChI is InChI=1S/C11H19NO4.Na.H/c1-5-16-9(13)6-8(4)12-10(7(2)3)11(14)15;;/h6-7,10,12H,5H2,1-4H3,(H,14,15);;/q;+1;-1/t10-;;/m0../s1. The van der Waals surface area contributed by atoms with E-state index in [0.29, 0.717) is 12.3 Å². The summed E-state index contributed by atoms with van der Waals surface area (Å²) in [5, 5.41) is 11.7. The molecule has 0 aliphatic rings. The number of rotatable bonds is 6. The second-order valence-corrected chi connectivity index (χ2v) is 3.78. The Labute approximate surface area is 125 Å². The summed E-state index contributed by atoms with van der Waals surface area (Å²) in [4.78, 5) is 22.0. The van der Waals surface area contributed by atoms with E-state index in [9.17, 15) is 9.59 Å². The zero-order valence-electron chi connectivity index (χ0n) is 12.1. The van der Waals surface area contributed by atoms with Crippen molar-refractivity contribution in [1.82, 2.24) is 5.32 Å². The molecule has 0 spiro atoms. The fourth-order valence-corrected chi connectivity index (χ4v) is 1.16. The minimum absolute atomic E-state index is 0. The molecular formula is C11H20NNaO4. The Balaban J connectivity index is -0.00000112. The number of allylic oxidation sites excluding steroid dienone is 1. The molecule has 0 saturated heterocycles. The third kappa shape index (κ3) is 8.24. The van der Waals surface area contributed by atoms with Crippen LogP contribution in [0.25, 0.3) is 0 Å². The average Bonchev–Trinajstić information content (AvgIpc) is 2.13. The molecule has 0 aromatic heterocycles. The second-order valence-electron chi connectivity index (χ2n) is 3.78. The van der Waals surface area contributed by atoms with E-state index in [1.165, 1.54) is 6.08 Å². The van der Waals surface area contributed by atoms with Crippen LogP contribution >= 0.6 is 0 Å². The molecule has 0 fully saturated rings. The number of hydrogen-bond donors (Lipinski definition) is 2. The van der Waals surface area contributed by atoms with Gasteiger partial charge in [-0.3, -0.25) is 0 Å². The molecule has 0 aromatic rings. The summed E-state index contributed by atoms with van der Waals surface area (Å²) in [6, 6.07) is -0.703. The first kappa shape index (κ1) is 18.8. The first-order valence-corrected chi connectivity index (χ1v) is 5.22. The van der Waals surface area contributed by atoms with Crippen molar-refractivity contribution in [3.8, 4) is 0 Å². The molecule has 94 valence electrons. The molecule has 0 saturated carbocycles. The first-order valence-electron chi connectivity index (χ1n) is 5.22. The number of aliphatic carboxylic acids is 1. The normalized spacial score (nSPS) is 12.6. The number of ether oxygens (including phenoxy) is 1. The quantitative estimate of drug-likeness (QED) is 0.334. The van der Waals surface area contributed by atoms with Gasteiger partial charge in [-0.1, -0.05) is 13.8 Å². The van der Waals surface area contributed by atoms with Crippen molar-refractivity contribution >= 4 is 11.9 Å². The molecule has 2 N–H and O–H groups in total. The topological polar surface area (TPSA) is 75.6 Å². The summed E-state index contributed by atoms with van der Waals surface area (Å²) >= 11 is 0. The van der Waals surface area contributed by atoms with Crippen molar-refractivity contribution in [2.24, 2.45) is 5.92 Å². The van der Waals surface area contributed by atoms with Gasteiger partial charge in [0.15, 0.2) is 0 Å². The van der Waals surface area contributed by atoms with Crippen LogP contribution < -0.4 is 34.9 Å². The van der Waals surface area contributed by atoms with Gasteiger partial charge in [0, 0.05) is 11.8 Å². The van der Waals surface area contributed by atoms with Crippen molar-refractivity contribution in [2.75, 3.05) is 6.61 Å². The van der Waals surface area contributed by atoms with Crippen LogP contribution in [-0.4, -0.2) is 29.7 Å². The van der Waals surface area contributed by atoms with Gasteiger partial charge in [-0.2, -0.15) is 0 Å². The molecule has 0 radical (unpaired) electrons. The molecule has 6 heteroatoms. The predicted octanol–water partition coefficient (Wildman–Crippen LogP) is -1.73. The fourth-order valence-electron chi connectivity index (χ4n) is 1.16. The van der Waals surface area contributed by atoms with Gasteiger partial charge >= 0.3 is 41.5 Å². The summed E-state index contributed by atoms with van der Waals surface area (Å²) in [5.74, 6) is -1.48. The van der Waals surface area contributed by atoms with Gasteiger partial charge in [0.25, 0.3) is 0 Å². The van der Waals surface area contributed by atoms with Crippen LogP contribution in [0, 0.1) is 5.92 Å². The Hall–Kier alpha value is -0.520. The molecular weight excluding hydrogens is 233 g/mol. The number of nitrogens with one attached hydrogen (secondary N) is 1. The first-order chi connectivity index (χ1) is 7.38. The molecule has 5 nitrogen and oxygen atoms in total. The maximum absolute atomic E-state index is 11.1. The Kier molecular flexibility index (Phi) is 10.5. The second kappa shape index (κ2) is 9.50. The van der Waals surface area contributed by atoms with Crippen LogP contribution in [0.1, 0.15) is 29.1 Å². The maximum atomic E-state index is 11.1. The van der Waals surface area contributed by atoms with E-state index in [4.69, 9.17) is 9.84 Å². The maximum Gasteiger partial charge on any atom is 1.00 e. The number of carboxylic acid groups (broad SMARTS) is 1. The van der Waals surface area contributed by atoms with Crippen LogP contribution in [-0.2, 0) is 14.3 Å². The number of esters is 1. The van der Waals surface area contributed by atoms with Gasteiger partial charge < -0.3 is 16.6 Å². The summed E-state index contributed by atoms with van der Waals surface area (Å²) < 4.78 is 4.71. The van der Waals surface area contributed by atoms with E-state index < -0.39 is 18.0 Å².